The quantitative estimate of drug-likeness (QED) is 0.776. The second-order valence-corrected chi connectivity index (χ2v) is 4.70. The molecule has 3 nitrogen and oxygen atoms in total. The lowest BCUT2D eigenvalue weighted by atomic mass is 10.2. The Balaban J connectivity index is 2.43. The molecule has 0 spiro atoms. The molecule has 1 atom stereocenters. The van der Waals surface area contributed by atoms with E-state index < -0.39 is 0 Å². The standard InChI is InChI=1S/C10H18N2OS/c1-4-11-6-9(13)5-10-12-7(2)8(3)14-10/h9,11,13H,4-6H2,1-3H3. The van der Waals surface area contributed by atoms with E-state index in [2.05, 4.69) is 17.2 Å². The smallest absolute Gasteiger partial charge is 0.0957 e. The first kappa shape index (κ1) is 11.6. The fourth-order valence-electron chi connectivity index (χ4n) is 1.21. The van der Waals surface area contributed by atoms with E-state index in [4.69, 9.17) is 0 Å². The number of aliphatic hydroxyl groups excluding tert-OH is 1. The molecule has 1 rings (SSSR count). The molecule has 1 heterocycles. The Kier molecular flexibility index (Phi) is 4.51. The molecule has 0 aliphatic rings. The van der Waals surface area contributed by atoms with Gasteiger partial charge in [0.05, 0.1) is 16.8 Å². The Morgan fingerprint density at radius 1 is 1.50 bits per heavy atom. The van der Waals surface area contributed by atoms with Crippen molar-refractivity contribution >= 4 is 11.3 Å². The maximum absolute atomic E-state index is 9.64. The molecule has 0 amide bonds. The zero-order valence-electron chi connectivity index (χ0n) is 9.00. The van der Waals surface area contributed by atoms with Gasteiger partial charge in [-0.1, -0.05) is 6.92 Å². The minimum atomic E-state index is -0.320. The van der Waals surface area contributed by atoms with Crippen molar-refractivity contribution < 1.29 is 5.11 Å². The Hall–Kier alpha value is -0.450. The van der Waals surface area contributed by atoms with E-state index in [1.54, 1.807) is 11.3 Å². The number of hydrogen-bond acceptors (Lipinski definition) is 4. The molecule has 1 aromatic heterocycles. The summed E-state index contributed by atoms with van der Waals surface area (Å²) in [5.41, 5.74) is 1.08. The van der Waals surface area contributed by atoms with Crippen LogP contribution in [0.15, 0.2) is 0 Å². The van der Waals surface area contributed by atoms with Gasteiger partial charge >= 0.3 is 0 Å². The number of hydrogen-bond donors (Lipinski definition) is 2. The minimum absolute atomic E-state index is 0.320. The Morgan fingerprint density at radius 2 is 2.21 bits per heavy atom. The number of rotatable bonds is 5. The highest BCUT2D eigenvalue weighted by Crippen LogP contribution is 2.17. The summed E-state index contributed by atoms with van der Waals surface area (Å²) in [6, 6.07) is 0. The molecule has 0 radical (unpaired) electrons. The summed E-state index contributed by atoms with van der Waals surface area (Å²) in [6.07, 6.45) is 0.340. The van der Waals surface area contributed by atoms with Crippen LogP contribution in [-0.4, -0.2) is 29.3 Å². The van der Waals surface area contributed by atoms with Gasteiger partial charge < -0.3 is 10.4 Å². The van der Waals surface area contributed by atoms with Crippen molar-refractivity contribution in [3.63, 3.8) is 0 Å². The van der Waals surface area contributed by atoms with Crippen molar-refractivity contribution in [3.8, 4) is 0 Å². The summed E-state index contributed by atoms with van der Waals surface area (Å²) in [5, 5.41) is 13.8. The number of aromatic nitrogens is 1. The first-order valence-electron chi connectivity index (χ1n) is 4.95. The zero-order valence-corrected chi connectivity index (χ0v) is 9.82. The highest BCUT2D eigenvalue weighted by molar-refractivity contribution is 7.11. The Labute approximate surface area is 89.2 Å². The number of likely N-dealkylation sites (N-methyl/N-ethyl adjacent to an activating group) is 1. The maximum Gasteiger partial charge on any atom is 0.0957 e. The van der Waals surface area contributed by atoms with E-state index >= 15 is 0 Å². The fourth-order valence-corrected chi connectivity index (χ4v) is 2.22. The van der Waals surface area contributed by atoms with E-state index in [9.17, 15) is 5.11 Å². The molecule has 4 heteroatoms. The van der Waals surface area contributed by atoms with Crippen molar-refractivity contribution in [3.05, 3.63) is 15.6 Å². The van der Waals surface area contributed by atoms with Crippen LogP contribution in [-0.2, 0) is 6.42 Å². The second-order valence-electron chi connectivity index (χ2n) is 3.41. The van der Waals surface area contributed by atoms with Gasteiger partial charge in [0.25, 0.3) is 0 Å². The van der Waals surface area contributed by atoms with Gasteiger partial charge in [-0.25, -0.2) is 4.98 Å². The van der Waals surface area contributed by atoms with Gasteiger partial charge in [-0.15, -0.1) is 11.3 Å². The van der Waals surface area contributed by atoms with E-state index in [1.165, 1.54) is 4.88 Å². The third kappa shape index (κ3) is 3.36. The van der Waals surface area contributed by atoms with Gasteiger partial charge in [-0.05, 0) is 20.4 Å². The zero-order chi connectivity index (χ0) is 10.6. The summed E-state index contributed by atoms with van der Waals surface area (Å²) in [4.78, 5) is 5.63. The summed E-state index contributed by atoms with van der Waals surface area (Å²) in [6.45, 7) is 7.64. The number of aliphatic hydroxyl groups is 1. The molecule has 0 saturated heterocycles. The number of aryl methyl sites for hydroxylation is 2. The number of nitrogens with one attached hydrogen (secondary N) is 1. The summed E-state index contributed by atoms with van der Waals surface area (Å²) in [5.74, 6) is 0. The lowest BCUT2D eigenvalue weighted by Crippen LogP contribution is -2.28. The van der Waals surface area contributed by atoms with Crippen molar-refractivity contribution in [2.45, 2.75) is 33.3 Å². The van der Waals surface area contributed by atoms with E-state index in [-0.39, 0.29) is 6.10 Å². The number of nitrogens with zero attached hydrogens (tertiary/aromatic N) is 1. The second kappa shape index (κ2) is 5.44. The third-order valence-corrected chi connectivity index (χ3v) is 3.21. The van der Waals surface area contributed by atoms with Crippen LogP contribution in [0.25, 0.3) is 0 Å². The van der Waals surface area contributed by atoms with Crippen LogP contribution in [0, 0.1) is 13.8 Å². The summed E-state index contributed by atoms with van der Waals surface area (Å²) >= 11 is 1.68. The van der Waals surface area contributed by atoms with Crippen LogP contribution in [0.2, 0.25) is 0 Å². The molecule has 0 fully saturated rings. The molecule has 2 N–H and O–H groups in total. The molecule has 80 valence electrons. The largest absolute Gasteiger partial charge is 0.391 e. The molecule has 0 saturated carbocycles. The van der Waals surface area contributed by atoms with Crippen LogP contribution < -0.4 is 5.32 Å². The van der Waals surface area contributed by atoms with Crippen molar-refractivity contribution in [1.82, 2.24) is 10.3 Å². The predicted molar refractivity (Wildman–Crippen MR) is 59.8 cm³/mol. The van der Waals surface area contributed by atoms with Crippen LogP contribution in [0.3, 0.4) is 0 Å². The van der Waals surface area contributed by atoms with E-state index in [1.807, 2.05) is 13.8 Å². The summed E-state index contributed by atoms with van der Waals surface area (Å²) < 4.78 is 0. The van der Waals surface area contributed by atoms with Crippen LogP contribution in [0.1, 0.15) is 22.5 Å². The molecule has 14 heavy (non-hydrogen) atoms. The van der Waals surface area contributed by atoms with E-state index in [0.29, 0.717) is 13.0 Å². The van der Waals surface area contributed by atoms with Gasteiger partial charge in [-0.3, -0.25) is 0 Å². The minimum Gasteiger partial charge on any atom is -0.391 e. The molecule has 1 aromatic rings. The molecule has 0 aromatic carbocycles. The van der Waals surface area contributed by atoms with Crippen LogP contribution in [0.4, 0.5) is 0 Å². The van der Waals surface area contributed by atoms with Crippen molar-refractivity contribution in [2.24, 2.45) is 0 Å². The number of thiazole rings is 1. The lowest BCUT2D eigenvalue weighted by Gasteiger charge is -2.08. The average molecular weight is 214 g/mol. The third-order valence-electron chi connectivity index (χ3n) is 2.11. The fraction of sp³-hybridized carbons (Fsp3) is 0.700. The van der Waals surface area contributed by atoms with Gasteiger partial charge in [0.1, 0.15) is 0 Å². The van der Waals surface area contributed by atoms with Crippen molar-refractivity contribution in [2.75, 3.05) is 13.1 Å². The molecular weight excluding hydrogens is 196 g/mol. The van der Waals surface area contributed by atoms with Crippen LogP contribution >= 0.6 is 11.3 Å². The first-order valence-corrected chi connectivity index (χ1v) is 5.76. The molecule has 0 aliphatic carbocycles. The topological polar surface area (TPSA) is 45.1 Å². The van der Waals surface area contributed by atoms with Crippen LogP contribution in [0.5, 0.6) is 0 Å². The highest BCUT2D eigenvalue weighted by Gasteiger charge is 2.09. The summed E-state index contributed by atoms with van der Waals surface area (Å²) in [7, 11) is 0. The average Bonchev–Trinajstić information content (AvgIpc) is 2.42. The molecular formula is C10H18N2OS. The Morgan fingerprint density at radius 3 is 2.71 bits per heavy atom. The first-order chi connectivity index (χ1) is 6.63. The van der Waals surface area contributed by atoms with Gasteiger partial charge in [0.2, 0.25) is 0 Å². The normalized spacial score (nSPS) is 13.1. The maximum atomic E-state index is 9.64. The molecule has 1 unspecified atom stereocenters. The van der Waals surface area contributed by atoms with Crippen molar-refractivity contribution in [1.29, 1.82) is 0 Å². The molecule has 0 aliphatic heterocycles. The van der Waals surface area contributed by atoms with Gasteiger partial charge in [-0.2, -0.15) is 0 Å². The molecule has 0 bridgehead atoms. The highest BCUT2D eigenvalue weighted by atomic mass is 32.1. The van der Waals surface area contributed by atoms with Gasteiger partial charge in [0, 0.05) is 17.8 Å². The Bertz CT molecular complexity index is 266. The predicted octanol–water partition coefficient (Wildman–Crippen LogP) is 1.27. The van der Waals surface area contributed by atoms with E-state index in [0.717, 1.165) is 17.2 Å². The lowest BCUT2D eigenvalue weighted by molar-refractivity contribution is 0.172. The monoisotopic (exact) mass is 214 g/mol. The van der Waals surface area contributed by atoms with Gasteiger partial charge in [0.15, 0.2) is 0 Å². The SMILES string of the molecule is CCNCC(O)Cc1nc(C)c(C)s1.